The van der Waals surface area contributed by atoms with Gasteiger partial charge in [0, 0.05) is 12.1 Å². The minimum Gasteiger partial charge on any atom is -0.361 e. The van der Waals surface area contributed by atoms with Crippen LogP contribution in [0.15, 0.2) is 34.9 Å². The van der Waals surface area contributed by atoms with Crippen LogP contribution in [0.25, 0.3) is 0 Å². The number of hydrogen-bond donors (Lipinski definition) is 1. The van der Waals surface area contributed by atoms with E-state index in [2.05, 4.69) is 10.5 Å². The highest BCUT2D eigenvalue weighted by atomic mass is 16.5. The first kappa shape index (κ1) is 15.3. The number of nitrogens with zero attached hydrogens (tertiary/aromatic N) is 2. The summed E-state index contributed by atoms with van der Waals surface area (Å²) in [5, 5.41) is 6.70. The van der Waals surface area contributed by atoms with Gasteiger partial charge < -0.3 is 9.84 Å². The van der Waals surface area contributed by atoms with E-state index in [4.69, 9.17) is 4.52 Å². The molecule has 0 saturated carbocycles. The Kier molecular flexibility index (Phi) is 3.67. The molecular weight excluding hydrogens is 294 g/mol. The lowest BCUT2D eigenvalue weighted by Gasteiger charge is -2.22. The molecule has 1 fully saturated rings. The van der Waals surface area contributed by atoms with Crippen LogP contribution in [0, 0.1) is 13.8 Å². The fraction of sp³-hybridized carbons (Fsp3) is 0.353. The van der Waals surface area contributed by atoms with Gasteiger partial charge in [-0.1, -0.05) is 35.5 Å². The van der Waals surface area contributed by atoms with Crippen molar-refractivity contribution in [2.24, 2.45) is 0 Å². The summed E-state index contributed by atoms with van der Waals surface area (Å²) in [5.74, 6) is 0.487. The molecule has 1 aliphatic rings. The van der Waals surface area contributed by atoms with Crippen molar-refractivity contribution < 1.29 is 14.1 Å². The van der Waals surface area contributed by atoms with Gasteiger partial charge in [-0.15, -0.1) is 0 Å². The Hall–Kier alpha value is -2.63. The number of carbonyl (C=O) groups excluding carboxylic acids is 2. The Morgan fingerprint density at radius 1 is 1.22 bits per heavy atom. The Morgan fingerprint density at radius 3 is 2.52 bits per heavy atom. The number of aryl methyl sites for hydroxylation is 2. The van der Waals surface area contributed by atoms with Gasteiger partial charge in [0.2, 0.25) is 0 Å². The number of hydrogen-bond acceptors (Lipinski definition) is 4. The highest BCUT2D eigenvalue weighted by Crippen LogP contribution is 2.28. The van der Waals surface area contributed by atoms with E-state index in [9.17, 15) is 9.59 Å². The second-order valence-corrected chi connectivity index (χ2v) is 5.93. The molecule has 0 radical (unpaired) electrons. The highest BCUT2D eigenvalue weighted by molar-refractivity contribution is 6.07. The lowest BCUT2D eigenvalue weighted by molar-refractivity contribution is -0.131. The molecule has 23 heavy (non-hydrogen) atoms. The molecule has 0 aliphatic carbocycles. The van der Waals surface area contributed by atoms with E-state index < -0.39 is 5.54 Å². The van der Waals surface area contributed by atoms with Crippen LogP contribution in [0.5, 0.6) is 0 Å². The topological polar surface area (TPSA) is 75.4 Å². The normalized spacial score (nSPS) is 20.9. The van der Waals surface area contributed by atoms with Gasteiger partial charge in [-0.2, -0.15) is 0 Å². The smallest absolute Gasteiger partial charge is 0.325 e. The number of aromatic nitrogens is 1. The van der Waals surface area contributed by atoms with Crippen molar-refractivity contribution in [3.05, 3.63) is 52.9 Å². The minimum atomic E-state index is -1.02. The summed E-state index contributed by atoms with van der Waals surface area (Å²) in [6.07, 6.45) is 0.533. The summed E-state index contributed by atoms with van der Waals surface area (Å²) in [6.45, 7) is 5.72. The quantitative estimate of drug-likeness (QED) is 0.879. The van der Waals surface area contributed by atoms with Gasteiger partial charge in [0.05, 0.1) is 5.69 Å². The zero-order valence-corrected chi connectivity index (χ0v) is 13.4. The van der Waals surface area contributed by atoms with E-state index in [0.717, 1.165) is 22.6 Å². The van der Waals surface area contributed by atoms with Gasteiger partial charge in [-0.3, -0.25) is 9.69 Å². The first-order valence-corrected chi connectivity index (χ1v) is 7.55. The number of benzene rings is 1. The summed E-state index contributed by atoms with van der Waals surface area (Å²) < 4.78 is 5.12. The average Bonchev–Trinajstić information content (AvgIpc) is 2.97. The van der Waals surface area contributed by atoms with Crippen molar-refractivity contribution in [1.82, 2.24) is 15.4 Å². The van der Waals surface area contributed by atoms with Crippen molar-refractivity contribution in [2.45, 2.75) is 32.7 Å². The Morgan fingerprint density at radius 2 is 1.91 bits per heavy atom. The molecule has 1 N–H and O–H groups in total. The van der Waals surface area contributed by atoms with Crippen LogP contribution in [0.3, 0.4) is 0 Å². The molecule has 1 aromatic heterocycles. The predicted molar refractivity (Wildman–Crippen MR) is 83.7 cm³/mol. The molecule has 1 aromatic carbocycles. The number of rotatable bonds is 4. The molecule has 0 unspecified atom stereocenters. The molecule has 2 aromatic rings. The number of amides is 3. The Labute approximate surface area is 134 Å². The second-order valence-electron chi connectivity index (χ2n) is 5.93. The lowest BCUT2D eigenvalue weighted by Crippen LogP contribution is -2.41. The summed E-state index contributed by atoms with van der Waals surface area (Å²) in [6, 6.07) is 8.90. The summed E-state index contributed by atoms with van der Waals surface area (Å²) in [5.41, 5.74) is 1.49. The van der Waals surface area contributed by atoms with E-state index >= 15 is 0 Å². The number of nitrogens with one attached hydrogen (secondary N) is 1. The molecular formula is C17H19N3O3. The van der Waals surface area contributed by atoms with Crippen LogP contribution in [0.1, 0.15) is 29.5 Å². The number of imide groups is 1. The van der Waals surface area contributed by atoms with Crippen LogP contribution < -0.4 is 5.32 Å². The summed E-state index contributed by atoms with van der Waals surface area (Å²) >= 11 is 0. The number of carbonyl (C=O) groups is 2. The summed E-state index contributed by atoms with van der Waals surface area (Å²) in [4.78, 5) is 26.3. The van der Waals surface area contributed by atoms with Gasteiger partial charge in [-0.05, 0) is 32.8 Å². The zero-order valence-electron chi connectivity index (χ0n) is 13.4. The first-order valence-electron chi connectivity index (χ1n) is 7.55. The van der Waals surface area contributed by atoms with Crippen LogP contribution in [0.2, 0.25) is 0 Å². The molecule has 6 heteroatoms. The molecule has 1 atom stereocenters. The van der Waals surface area contributed by atoms with E-state index in [-0.39, 0.29) is 11.9 Å². The van der Waals surface area contributed by atoms with Gasteiger partial charge in [0.15, 0.2) is 0 Å². The maximum Gasteiger partial charge on any atom is 0.325 e. The molecule has 120 valence electrons. The molecule has 0 spiro atoms. The van der Waals surface area contributed by atoms with Crippen molar-refractivity contribution in [1.29, 1.82) is 0 Å². The van der Waals surface area contributed by atoms with Gasteiger partial charge in [0.1, 0.15) is 11.3 Å². The second kappa shape index (κ2) is 5.53. The molecule has 0 bridgehead atoms. The number of urea groups is 1. The monoisotopic (exact) mass is 313 g/mol. The molecule has 3 amide bonds. The van der Waals surface area contributed by atoms with Crippen LogP contribution in [-0.2, 0) is 16.8 Å². The molecule has 3 rings (SSSR count). The molecule has 1 aliphatic heterocycles. The Balaban J connectivity index is 1.80. The van der Waals surface area contributed by atoms with Crippen LogP contribution >= 0.6 is 0 Å². The fourth-order valence-electron chi connectivity index (χ4n) is 2.95. The van der Waals surface area contributed by atoms with Crippen molar-refractivity contribution in [2.75, 3.05) is 6.54 Å². The lowest BCUT2D eigenvalue weighted by atomic mass is 9.92. The van der Waals surface area contributed by atoms with Gasteiger partial charge in [0.25, 0.3) is 5.91 Å². The maximum absolute atomic E-state index is 12.8. The third kappa shape index (κ3) is 2.50. The third-order valence-electron chi connectivity index (χ3n) is 4.39. The Bertz CT molecular complexity index is 734. The van der Waals surface area contributed by atoms with Crippen molar-refractivity contribution in [3.63, 3.8) is 0 Å². The first-order chi connectivity index (χ1) is 10.9. The molecule has 1 saturated heterocycles. The zero-order chi connectivity index (χ0) is 16.6. The predicted octanol–water partition coefficient (Wildman–Crippen LogP) is 2.30. The third-order valence-corrected chi connectivity index (χ3v) is 4.39. The maximum atomic E-state index is 12.8. The van der Waals surface area contributed by atoms with Crippen LogP contribution in [-0.4, -0.2) is 28.5 Å². The average molecular weight is 313 g/mol. The van der Waals surface area contributed by atoms with Gasteiger partial charge in [-0.25, -0.2) is 4.79 Å². The SMILES string of the molecule is Cc1noc(C)c1CCN1C(=O)N[C@](C)(c2ccccc2)C1=O. The summed E-state index contributed by atoms with van der Waals surface area (Å²) in [7, 11) is 0. The van der Waals surface area contributed by atoms with Gasteiger partial charge >= 0.3 is 6.03 Å². The van der Waals surface area contributed by atoms with E-state index in [0.29, 0.717) is 13.0 Å². The van der Waals surface area contributed by atoms with Crippen LogP contribution in [0.4, 0.5) is 4.79 Å². The van der Waals surface area contributed by atoms with E-state index in [1.165, 1.54) is 4.90 Å². The minimum absolute atomic E-state index is 0.236. The fourth-order valence-corrected chi connectivity index (χ4v) is 2.95. The van der Waals surface area contributed by atoms with E-state index in [1.54, 1.807) is 6.92 Å². The standard InChI is InChI=1S/C17H19N3O3/c1-11-14(12(2)23-19-11)9-10-20-15(21)17(3,18-16(20)22)13-7-5-4-6-8-13/h4-8H,9-10H2,1-3H3,(H,18,22)/t17-/m1/s1. The van der Waals surface area contributed by atoms with E-state index in [1.807, 2.05) is 44.2 Å². The molecule has 6 nitrogen and oxygen atoms in total. The van der Waals surface area contributed by atoms with Crippen molar-refractivity contribution >= 4 is 11.9 Å². The molecule has 2 heterocycles. The largest absolute Gasteiger partial charge is 0.361 e. The van der Waals surface area contributed by atoms with Crippen molar-refractivity contribution in [3.8, 4) is 0 Å². The highest BCUT2D eigenvalue weighted by Gasteiger charge is 2.48.